The smallest absolute Gasteiger partial charge is 0.228 e. The van der Waals surface area contributed by atoms with Crippen molar-refractivity contribution in [3.63, 3.8) is 0 Å². The molecule has 0 aromatic carbocycles. The molecule has 0 spiro atoms. The van der Waals surface area contributed by atoms with Crippen LogP contribution < -0.4 is 10.6 Å². The second-order valence-corrected chi connectivity index (χ2v) is 7.19. The summed E-state index contributed by atoms with van der Waals surface area (Å²) in [6.07, 6.45) is 3.26. The lowest BCUT2D eigenvalue weighted by molar-refractivity contribution is 0.374. The van der Waals surface area contributed by atoms with Gasteiger partial charge in [0.1, 0.15) is 0 Å². The van der Waals surface area contributed by atoms with Gasteiger partial charge in [-0.2, -0.15) is 16.7 Å². The molecule has 126 valence electrons. The van der Waals surface area contributed by atoms with Crippen molar-refractivity contribution < 1.29 is 4.52 Å². The zero-order chi connectivity index (χ0) is 15.1. The van der Waals surface area contributed by atoms with Gasteiger partial charge < -0.3 is 15.2 Å². The van der Waals surface area contributed by atoms with E-state index in [2.05, 4.69) is 34.6 Å². The van der Waals surface area contributed by atoms with Crippen molar-refractivity contribution in [3.05, 3.63) is 11.7 Å². The first kappa shape index (κ1) is 19.5. The van der Waals surface area contributed by atoms with Gasteiger partial charge >= 0.3 is 0 Å². The van der Waals surface area contributed by atoms with Crippen LogP contribution >= 0.6 is 35.7 Å². The molecule has 1 aliphatic heterocycles. The summed E-state index contributed by atoms with van der Waals surface area (Å²) in [5.41, 5.74) is 0. The maximum Gasteiger partial charge on any atom is 0.228 e. The van der Waals surface area contributed by atoms with Gasteiger partial charge in [0.15, 0.2) is 11.8 Å². The number of hydrogen-bond donors (Lipinski definition) is 2. The molecular formula is C14H26IN5OS. The highest BCUT2D eigenvalue weighted by molar-refractivity contribution is 14.0. The van der Waals surface area contributed by atoms with Crippen LogP contribution in [0.3, 0.4) is 0 Å². The highest BCUT2D eigenvalue weighted by Gasteiger charge is 2.29. The van der Waals surface area contributed by atoms with Gasteiger partial charge in [0.25, 0.3) is 0 Å². The third-order valence-electron chi connectivity index (χ3n) is 3.42. The quantitative estimate of drug-likeness (QED) is 0.403. The van der Waals surface area contributed by atoms with Crippen LogP contribution in [0.4, 0.5) is 0 Å². The van der Waals surface area contributed by atoms with Crippen molar-refractivity contribution in [1.29, 1.82) is 0 Å². The van der Waals surface area contributed by atoms with E-state index in [0.29, 0.717) is 22.9 Å². The van der Waals surface area contributed by atoms with E-state index in [1.807, 2.05) is 18.7 Å². The number of guanidine groups is 1. The summed E-state index contributed by atoms with van der Waals surface area (Å²) in [6.45, 7) is 8.65. The van der Waals surface area contributed by atoms with Crippen LogP contribution in [0.5, 0.6) is 0 Å². The normalized spacial score (nSPS) is 21.5. The number of rotatable bonds is 6. The minimum atomic E-state index is 0. The van der Waals surface area contributed by atoms with E-state index in [1.165, 1.54) is 18.6 Å². The topological polar surface area (TPSA) is 75.3 Å². The van der Waals surface area contributed by atoms with Gasteiger partial charge in [0.2, 0.25) is 5.89 Å². The fraction of sp³-hybridized carbons (Fsp3) is 0.786. The Morgan fingerprint density at radius 2 is 2.27 bits per heavy atom. The lowest BCUT2D eigenvalue weighted by atomic mass is 10.1. The van der Waals surface area contributed by atoms with Crippen LogP contribution in [0.25, 0.3) is 0 Å². The summed E-state index contributed by atoms with van der Waals surface area (Å²) in [5, 5.41) is 10.4. The van der Waals surface area contributed by atoms with Gasteiger partial charge in [-0.3, -0.25) is 4.99 Å². The van der Waals surface area contributed by atoms with Crippen molar-refractivity contribution in [2.75, 3.05) is 25.4 Å². The lowest BCUT2D eigenvalue weighted by Crippen LogP contribution is -2.39. The molecule has 0 saturated carbocycles. The van der Waals surface area contributed by atoms with Gasteiger partial charge in [-0.1, -0.05) is 5.16 Å². The summed E-state index contributed by atoms with van der Waals surface area (Å²) in [6, 6.07) is 0. The van der Waals surface area contributed by atoms with Crippen LogP contribution in [0.1, 0.15) is 38.4 Å². The Morgan fingerprint density at radius 3 is 2.86 bits per heavy atom. The van der Waals surface area contributed by atoms with E-state index in [-0.39, 0.29) is 24.0 Å². The SMILES string of the molecule is CCNC(=NCC1(C)CCCS1)NCCc1nc(C)no1.I. The van der Waals surface area contributed by atoms with Gasteiger partial charge in [0, 0.05) is 24.3 Å². The fourth-order valence-corrected chi connectivity index (χ4v) is 3.50. The standard InChI is InChI=1S/C14H25N5OS.HI/c1-4-15-13(17-10-14(3)7-5-9-21-14)16-8-6-12-18-11(2)19-20-12;/h4-10H2,1-3H3,(H2,15,16,17);1H. The number of aromatic nitrogens is 2. The number of thioether (sulfide) groups is 1. The molecule has 8 heteroatoms. The predicted molar refractivity (Wildman–Crippen MR) is 102 cm³/mol. The van der Waals surface area contributed by atoms with Crippen LogP contribution in [0, 0.1) is 6.92 Å². The third-order valence-corrected chi connectivity index (χ3v) is 4.94. The molecule has 1 aromatic rings. The molecule has 2 rings (SSSR count). The van der Waals surface area contributed by atoms with Crippen LogP contribution in [-0.2, 0) is 6.42 Å². The fourth-order valence-electron chi connectivity index (χ4n) is 2.28. The molecule has 22 heavy (non-hydrogen) atoms. The first-order chi connectivity index (χ1) is 10.1. The summed E-state index contributed by atoms with van der Waals surface area (Å²) >= 11 is 2.03. The number of halogens is 1. The summed E-state index contributed by atoms with van der Waals surface area (Å²) in [4.78, 5) is 8.90. The Labute approximate surface area is 153 Å². The molecule has 0 radical (unpaired) electrons. The Morgan fingerprint density at radius 1 is 1.45 bits per heavy atom. The highest BCUT2D eigenvalue weighted by atomic mass is 127. The Hall–Kier alpha value is -0.510. The molecule has 1 unspecified atom stereocenters. The first-order valence-electron chi connectivity index (χ1n) is 7.57. The van der Waals surface area contributed by atoms with Gasteiger partial charge in [-0.15, -0.1) is 24.0 Å². The summed E-state index contributed by atoms with van der Waals surface area (Å²) in [5.74, 6) is 3.46. The largest absolute Gasteiger partial charge is 0.357 e. The Balaban J connectivity index is 0.00000242. The Bertz CT molecular complexity index is 474. The molecule has 0 amide bonds. The average Bonchev–Trinajstić information content (AvgIpc) is 3.06. The molecule has 1 atom stereocenters. The third kappa shape index (κ3) is 6.31. The minimum Gasteiger partial charge on any atom is -0.357 e. The number of nitrogens with one attached hydrogen (secondary N) is 2. The summed E-state index contributed by atoms with van der Waals surface area (Å²) < 4.78 is 5.40. The molecule has 2 heterocycles. The van der Waals surface area contributed by atoms with Crippen molar-refractivity contribution in [2.24, 2.45) is 4.99 Å². The average molecular weight is 439 g/mol. The van der Waals surface area contributed by atoms with Crippen molar-refractivity contribution >= 4 is 41.7 Å². The second kappa shape index (κ2) is 9.59. The summed E-state index contributed by atoms with van der Waals surface area (Å²) in [7, 11) is 0. The van der Waals surface area contributed by atoms with Crippen LogP contribution in [0.15, 0.2) is 9.52 Å². The molecule has 1 aliphatic rings. The van der Waals surface area contributed by atoms with Crippen molar-refractivity contribution in [3.8, 4) is 0 Å². The molecule has 6 nitrogen and oxygen atoms in total. The monoisotopic (exact) mass is 439 g/mol. The predicted octanol–water partition coefficient (Wildman–Crippen LogP) is 2.38. The van der Waals surface area contributed by atoms with Gasteiger partial charge in [-0.05, 0) is 39.4 Å². The lowest BCUT2D eigenvalue weighted by Gasteiger charge is -2.20. The second-order valence-electron chi connectivity index (χ2n) is 5.51. The van der Waals surface area contributed by atoms with Crippen LogP contribution in [0.2, 0.25) is 0 Å². The Kier molecular flexibility index (Phi) is 8.52. The number of hydrogen-bond acceptors (Lipinski definition) is 5. The molecule has 2 N–H and O–H groups in total. The maximum atomic E-state index is 5.10. The molecule has 0 aliphatic carbocycles. The number of aliphatic imine (C=N–C) groups is 1. The van der Waals surface area contributed by atoms with Gasteiger partial charge in [0.05, 0.1) is 6.54 Å². The number of aryl methyl sites for hydroxylation is 1. The van der Waals surface area contributed by atoms with E-state index in [9.17, 15) is 0 Å². The zero-order valence-electron chi connectivity index (χ0n) is 13.5. The number of nitrogens with zero attached hydrogens (tertiary/aromatic N) is 3. The molecule has 1 saturated heterocycles. The molecule has 1 aromatic heterocycles. The molecule has 1 fully saturated rings. The van der Waals surface area contributed by atoms with E-state index in [0.717, 1.165) is 25.6 Å². The van der Waals surface area contributed by atoms with Crippen molar-refractivity contribution in [2.45, 2.75) is 44.8 Å². The maximum absolute atomic E-state index is 5.10. The minimum absolute atomic E-state index is 0. The molecule has 0 bridgehead atoms. The molecular weight excluding hydrogens is 413 g/mol. The first-order valence-corrected chi connectivity index (χ1v) is 8.55. The van der Waals surface area contributed by atoms with E-state index in [4.69, 9.17) is 9.52 Å². The zero-order valence-corrected chi connectivity index (χ0v) is 16.7. The van der Waals surface area contributed by atoms with Crippen molar-refractivity contribution in [1.82, 2.24) is 20.8 Å². The van der Waals surface area contributed by atoms with E-state index < -0.39 is 0 Å². The van der Waals surface area contributed by atoms with Gasteiger partial charge in [-0.25, -0.2) is 0 Å². The highest BCUT2D eigenvalue weighted by Crippen LogP contribution is 2.37. The van der Waals surface area contributed by atoms with E-state index >= 15 is 0 Å². The van der Waals surface area contributed by atoms with Crippen LogP contribution in [-0.4, -0.2) is 46.2 Å². The van der Waals surface area contributed by atoms with E-state index in [1.54, 1.807) is 0 Å².